The molecule has 102 valence electrons. The summed E-state index contributed by atoms with van der Waals surface area (Å²) in [5.41, 5.74) is 0.803. The highest BCUT2D eigenvalue weighted by Crippen LogP contribution is 2.11. The highest BCUT2D eigenvalue weighted by Gasteiger charge is 2.09. The molecule has 7 nitrogen and oxygen atoms in total. The predicted octanol–water partition coefficient (Wildman–Crippen LogP) is 1.21. The Morgan fingerprint density at radius 2 is 1.90 bits per heavy atom. The zero-order chi connectivity index (χ0) is 14.5. The second-order valence-corrected chi connectivity index (χ2v) is 4.05. The summed E-state index contributed by atoms with van der Waals surface area (Å²) in [4.78, 5) is 35.2. The number of non-ortho nitro benzene ring substituents is 1. The van der Waals surface area contributed by atoms with Crippen molar-refractivity contribution in [2.75, 3.05) is 0 Å². The maximum Gasteiger partial charge on any atom is 0.269 e. The van der Waals surface area contributed by atoms with E-state index in [9.17, 15) is 19.7 Å². The highest BCUT2D eigenvalue weighted by molar-refractivity contribution is 5.94. The van der Waals surface area contributed by atoms with E-state index in [2.05, 4.69) is 10.3 Å². The summed E-state index contributed by atoms with van der Waals surface area (Å²) < 4.78 is 0. The minimum absolute atomic E-state index is 0.0674. The van der Waals surface area contributed by atoms with Crippen LogP contribution in [0.25, 0.3) is 0 Å². The molecule has 0 fully saturated rings. The second kappa shape index (κ2) is 5.79. The number of hydrogen-bond donors (Lipinski definition) is 2. The van der Waals surface area contributed by atoms with Crippen molar-refractivity contribution in [3.8, 4) is 0 Å². The van der Waals surface area contributed by atoms with Crippen molar-refractivity contribution < 1.29 is 9.72 Å². The normalized spacial score (nSPS) is 10.0. The van der Waals surface area contributed by atoms with Crippen LogP contribution in [0.1, 0.15) is 15.9 Å². The first-order chi connectivity index (χ1) is 9.56. The van der Waals surface area contributed by atoms with Crippen LogP contribution in [-0.4, -0.2) is 15.8 Å². The topological polar surface area (TPSA) is 105 Å². The molecule has 0 bridgehead atoms. The number of aromatic nitrogens is 1. The Morgan fingerprint density at radius 1 is 1.20 bits per heavy atom. The number of pyridine rings is 1. The molecule has 0 aliphatic carbocycles. The number of rotatable bonds is 4. The molecule has 2 aromatic rings. The molecule has 0 spiro atoms. The number of nitro benzene ring substituents is 1. The van der Waals surface area contributed by atoms with Gasteiger partial charge in [-0.3, -0.25) is 19.7 Å². The highest BCUT2D eigenvalue weighted by atomic mass is 16.6. The fourth-order valence-electron chi connectivity index (χ4n) is 1.57. The van der Waals surface area contributed by atoms with Gasteiger partial charge in [0.25, 0.3) is 11.6 Å². The Morgan fingerprint density at radius 3 is 2.45 bits per heavy atom. The molecule has 0 aliphatic heterocycles. The van der Waals surface area contributed by atoms with E-state index in [-0.39, 0.29) is 23.7 Å². The monoisotopic (exact) mass is 273 g/mol. The van der Waals surface area contributed by atoms with Gasteiger partial charge in [-0.05, 0) is 17.7 Å². The van der Waals surface area contributed by atoms with Crippen LogP contribution < -0.4 is 10.9 Å². The van der Waals surface area contributed by atoms with Crippen molar-refractivity contribution >= 4 is 11.6 Å². The van der Waals surface area contributed by atoms with Gasteiger partial charge in [0.15, 0.2) is 0 Å². The molecule has 0 unspecified atom stereocenters. The van der Waals surface area contributed by atoms with Crippen molar-refractivity contribution in [3.63, 3.8) is 0 Å². The fraction of sp³-hybridized carbons (Fsp3) is 0.0769. The van der Waals surface area contributed by atoms with E-state index >= 15 is 0 Å². The smallest absolute Gasteiger partial charge is 0.269 e. The van der Waals surface area contributed by atoms with E-state index in [4.69, 9.17) is 0 Å². The molecule has 0 saturated carbocycles. The molecule has 2 N–H and O–H groups in total. The first-order valence-corrected chi connectivity index (χ1v) is 5.76. The fourth-order valence-corrected chi connectivity index (χ4v) is 1.57. The van der Waals surface area contributed by atoms with E-state index < -0.39 is 4.92 Å². The lowest BCUT2D eigenvalue weighted by atomic mass is 10.2. The number of carbonyl (C=O) groups excluding carboxylic acids is 1. The zero-order valence-corrected chi connectivity index (χ0v) is 10.3. The standard InChI is InChI=1S/C13H11N3O4/c17-12-6-1-9(7-14-12)8-15-13(18)10-2-4-11(5-3-10)16(19)20/h1-7H,8H2,(H,14,17)(H,15,18). The zero-order valence-electron chi connectivity index (χ0n) is 10.3. The molecule has 1 aromatic carbocycles. The van der Waals surface area contributed by atoms with Crippen molar-refractivity contribution in [1.29, 1.82) is 0 Å². The Bertz CT molecular complexity index is 671. The second-order valence-electron chi connectivity index (χ2n) is 4.05. The molecule has 1 amide bonds. The van der Waals surface area contributed by atoms with Gasteiger partial charge in [-0.1, -0.05) is 6.07 Å². The van der Waals surface area contributed by atoms with Crippen molar-refractivity contribution in [3.05, 3.63) is 74.2 Å². The van der Waals surface area contributed by atoms with Gasteiger partial charge in [0.2, 0.25) is 5.56 Å². The number of amides is 1. The molecular weight excluding hydrogens is 262 g/mol. The van der Waals surface area contributed by atoms with Gasteiger partial charge in [0.05, 0.1) is 4.92 Å². The number of carbonyl (C=O) groups is 1. The van der Waals surface area contributed by atoms with E-state index in [1.807, 2.05) is 0 Å². The van der Waals surface area contributed by atoms with Gasteiger partial charge in [-0.2, -0.15) is 0 Å². The van der Waals surface area contributed by atoms with E-state index in [0.717, 1.165) is 5.56 Å². The van der Waals surface area contributed by atoms with Gasteiger partial charge in [-0.15, -0.1) is 0 Å². The number of nitrogens with one attached hydrogen (secondary N) is 2. The molecule has 0 saturated heterocycles. The minimum Gasteiger partial charge on any atom is -0.348 e. The SMILES string of the molecule is O=C(NCc1ccc(=O)[nH]c1)c1ccc([N+](=O)[O-])cc1. The van der Waals surface area contributed by atoms with Crippen LogP contribution in [0.4, 0.5) is 5.69 Å². The molecule has 7 heteroatoms. The van der Waals surface area contributed by atoms with Gasteiger partial charge in [0, 0.05) is 36.5 Å². The van der Waals surface area contributed by atoms with Crippen LogP contribution in [-0.2, 0) is 6.54 Å². The van der Waals surface area contributed by atoms with Crippen LogP contribution in [0, 0.1) is 10.1 Å². The number of nitro groups is 1. The first-order valence-electron chi connectivity index (χ1n) is 5.76. The molecule has 1 heterocycles. The van der Waals surface area contributed by atoms with Crippen LogP contribution in [0.3, 0.4) is 0 Å². The summed E-state index contributed by atoms with van der Waals surface area (Å²) in [5.74, 6) is -0.342. The minimum atomic E-state index is -0.526. The van der Waals surface area contributed by atoms with Gasteiger partial charge in [0.1, 0.15) is 0 Å². The quantitative estimate of drug-likeness (QED) is 0.645. The van der Waals surface area contributed by atoms with E-state index in [0.29, 0.717) is 5.56 Å². The van der Waals surface area contributed by atoms with Crippen molar-refractivity contribution in [2.45, 2.75) is 6.54 Å². The number of benzene rings is 1. The third-order valence-electron chi connectivity index (χ3n) is 2.64. The molecule has 0 radical (unpaired) electrons. The molecule has 1 aromatic heterocycles. The molecule has 2 rings (SSSR count). The summed E-state index contributed by atoms with van der Waals surface area (Å²) in [6.07, 6.45) is 1.51. The molecule has 20 heavy (non-hydrogen) atoms. The first kappa shape index (κ1) is 13.5. The van der Waals surface area contributed by atoms with Crippen molar-refractivity contribution in [2.24, 2.45) is 0 Å². The number of hydrogen-bond acceptors (Lipinski definition) is 4. The van der Waals surface area contributed by atoms with Gasteiger partial charge >= 0.3 is 0 Å². The third kappa shape index (κ3) is 3.29. The largest absolute Gasteiger partial charge is 0.348 e. The molecular formula is C13H11N3O4. The maximum atomic E-state index is 11.8. The Labute approximate surface area is 113 Å². The van der Waals surface area contributed by atoms with Crippen LogP contribution in [0.15, 0.2) is 47.4 Å². The number of nitrogens with zero attached hydrogens (tertiary/aromatic N) is 1. The predicted molar refractivity (Wildman–Crippen MR) is 71.3 cm³/mol. The Kier molecular flexibility index (Phi) is 3.90. The Hall–Kier alpha value is -2.96. The maximum absolute atomic E-state index is 11.8. The summed E-state index contributed by atoms with van der Waals surface area (Å²) in [6.45, 7) is 0.257. The lowest BCUT2D eigenvalue weighted by Gasteiger charge is -2.04. The lowest BCUT2D eigenvalue weighted by Crippen LogP contribution is -2.23. The number of aromatic amines is 1. The third-order valence-corrected chi connectivity index (χ3v) is 2.64. The summed E-state index contributed by atoms with van der Waals surface area (Å²) in [7, 11) is 0. The van der Waals surface area contributed by atoms with E-state index in [1.54, 1.807) is 6.07 Å². The van der Waals surface area contributed by atoms with Crippen LogP contribution in [0.2, 0.25) is 0 Å². The van der Waals surface area contributed by atoms with Crippen molar-refractivity contribution in [1.82, 2.24) is 10.3 Å². The summed E-state index contributed by atoms with van der Waals surface area (Å²) in [5, 5.41) is 13.1. The molecule has 0 atom stereocenters. The van der Waals surface area contributed by atoms with Gasteiger partial charge in [-0.25, -0.2) is 0 Å². The van der Waals surface area contributed by atoms with Crippen LogP contribution >= 0.6 is 0 Å². The average molecular weight is 273 g/mol. The molecule has 0 aliphatic rings. The average Bonchev–Trinajstić information content (AvgIpc) is 2.46. The summed E-state index contributed by atoms with van der Waals surface area (Å²) >= 11 is 0. The van der Waals surface area contributed by atoms with Crippen LogP contribution in [0.5, 0.6) is 0 Å². The van der Waals surface area contributed by atoms with Gasteiger partial charge < -0.3 is 10.3 Å². The lowest BCUT2D eigenvalue weighted by molar-refractivity contribution is -0.384. The van der Waals surface area contributed by atoms with E-state index in [1.165, 1.54) is 36.5 Å². The Balaban J connectivity index is 1.99. The number of H-pyrrole nitrogens is 1. The summed E-state index contributed by atoms with van der Waals surface area (Å²) in [6, 6.07) is 8.30.